The number of hydrogen-bond donors (Lipinski definition) is 2. The molecule has 3 nitrogen and oxygen atoms in total. The van der Waals surface area contributed by atoms with Crippen LogP contribution < -0.4 is 5.73 Å². The molecule has 3 N–H and O–H groups in total. The predicted octanol–water partition coefficient (Wildman–Crippen LogP) is 1.94. The molecule has 0 bridgehead atoms. The second kappa shape index (κ2) is 5.32. The molecule has 0 aliphatic heterocycles. The molecule has 1 fully saturated rings. The maximum Gasteiger partial charge on any atom is 0.320 e. The summed E-state index contributed by atoms with van der Waals surface area (Å²) in [5.41, 5.74) is 7.82. The standard InChI is InChI=1S/C12H15NO2.ClH/c13-11(12(14)15)7-8-1-3-9(4-2-8)10-5-6-10;/h1-4,10-11H,5-7,13H2,(H,14,15);1H/t11-;/m1./s1. The highest BCUT2D eigenvalue weighted by atomic mass is 35.5. The topological polar surface area (TPSA) is 63.3 Å². The highest BCUT2D eigenvalue weighted by molar-refractivity contribution is 5.85. The Labute approximate surface area is 101 Å². The van der Waals surface area contributed by atoms with Gasteiger partial charge < -0.3 is 10.8 Å². The summed E-state index contributed by atoms with van der Waals surface area (Å²) in [5.74, 6) is -0.200. The zero-order valence-electron chi connectivity index (χ0n) is 8.93. The molecule has 0 radical (unpaired) electrons. The van der Waals surface area contributed by atoms with E-state index in [2.05, 4.69) is 12.1 Å². The zero-order valence-corrected chi connectivity index (χ0v) is 9.74. The number of carboxylic acid groups (broad SMARTS) is 1. The molecule has 2 rings (SSSR count). The van der Waals surface area contributed by atoms with E-state index >= 15 is 0 Å². The van der Waals surface area contributed by atoms with Crippen LogP contribution in [-0.2, 0) is 11.2 Å². The van der Waals surface area contributed by atoms with Crippen molar-refractivity contribution in [2.24, 2.45) is 5.73 Å². The number of hydrogen-bond acceptors (Lipinski definition) is 2. The molecule has 1 saturated carbocycles. The van der Waals surface area contributed by atoms with Gasteiger partial charge in [-0.25, -0.2) is 0 Å². The van der Waals surface area contributed by atoms with Crippen molar-refractivity contribution in [3.63, 3.8) is 0 Å². The van der Waals surface area contributed by atoms with Gasteiger partial charge in [0.05, 0.1) is 0 Å². The van der Waals surface area contributed by atoms with Crippen molar-refractivity contribution in [1.29, 1.82) is 0 Å². The maximum absolute atomic E-state index is 10.6. The molecule has 0 heterocycles. The Kier molecular flexibility index (Phi) is 4.33. The predicted molar refractivity (Wildman–Crippen MR) is 65.0 cm³/mol. The highest BCUT2D eigenvalue weighted by Gasteiger charge is 2.23. The van der Waals surface area contributed by atoms with E-state index < -0.39 is 12.0 Å². The van der Waals surface area contributed by atoms with Crippen LogP contribution in [0, 0.1) is 0 Å². The van der Waals surface area contributed by atoms with Gasteiger partial charge in [0.15, 0.2) is 0 Å². The van der Waals surface area contributed by atoms with E-state index in [0.717, 1.165) is 11.5 Å². The lowest BCUT2D eigenvalue weighted by Crippen LogP contribution is -2.32. The molecule has 0 aromatic heterocycles. The monoisotopic (exact) mass is 241 g/mol. The van der Waals surface area contributed by atoms with Crippen LogP contribution in [0.3, 0.4) is 0 Å². The first-order valence-corrected chi connectivity index (χ1v) is 5.24. The first kappa shape index (κ1) is 13.0. The van der Waals surface area contributed by atoms with Crippen LogP contribution in [0.2, 0.25) is 0 Å². The number of carboxylic acids is 1. The number of aliphatic carboxylic acids is 1. The van der Waals surface area contributed by atoms with Crippen molar-refractivity contribution in [3.05, 3.63) is 35.4 Å². The minimum atomic E-state index is -0.943. The van der Waals surface area contributed by atoms with Crippen molar-refractivity contribution in [2.75, 3.05) is 0 Å². The van der Waals surface area contributed by atoms with E-state index in [0.29, 0.717) is 6.42 Å². The van der Waals surface area contributed by atoms with Gasteiger partial charge in [-0.1, -0.05) is 24.3 Å². The van der Waals surface area contributed by atoms with E-state index in [4.69, 9.17) is 10.8 Å². The molecular weight excluding hydrogens is 226 g/mol. The fourth-order valence-corrected chi connectivity index (χ4v) is 1.68. The van der Waals surface area contributed by atoms with Crippen molar-refractivity contribution in [1.82, 2.24) is 0 Å². The Morgan fingerprint density at radius 2 is 1.94 bits per heavy atom. The molecule has 16 heavy (non-hydrogen) atoms. The zero-order chi connectivity index (χ0) is 10.8. The van der Waals surface area contributed by atoms with E-state index in [-0.39, 0.29) is 12.4 Å². The molecule has 88 valence electrons. The first-order chi connectivity index (χ1) is 7.16. The van der Waals surface area contributed by atoms with Gasteiger partial charge in [-0.3, -0.25) is 4.79 Å². The molecule has 1 aliphatic rings. The van der Waals surface area contributed by atoms with Gasteiger partial charge in [-0.2, -0.15) is 0 Å². The van der Waals surface area contributed by atoms with Gasteiger partial charge in [0.25, 0.3) is 0 Å². The fourth-order valence-electron chi connectivity index (χ4n) is 1.68. The lowest BCUT2D eigenvalue weighted by Gasteiger charge is -2.06. The summed E-state index contributed by atoms with van der Waals surface area (Å²) >= 11 is 0. The van der Waals surface area contributed by atoms with E-state index in [9.17, 15) is 4.79 Å². The summed E-state index contributed by atoms with van der Waals surface area (Å²) in [5, 5.41) is 8.67. The van der Waals surface area contributed by atoms with Crippen LogP contribution in [0.15, 0.2) is 24.3 Å². The lowest BCUT2D eigenvalue weighted by molar-refractivity contribution is -0.138. The third kappa shape index (κ3) is 3.22. The summed E-state index contributed by atoms with van der Waals surface area (Å²) in [6.07, 6.45) is 2.97. The lowest BCUT2D eigenvalue weighted by atomic mass is 10.0. The first-order valence-electron chi connectivity index (χ1n) is 5.24. The van der Waals surface area contributed by atoms with Crippen LogP contribution in [0.1, 0.15) is 29.9 Å². The van der Waals surface area contributed by atoms with Gasteiger partial charge in [-0.15, -0.1) is 12.4 Å². The van der Waals surface area contributed by atoms with E-state index in [1.807, 2.05) is 12.1 Å². The number of halogens is 1. The van der Waals surface area contributed by atoms with Gasteiger partial charge in [0.1, 0.15) is 6.04 Å². The molecule has 1 aliphatic carbocycles. The number of carbonyl (C=O) groups is 1. The molecule has 0 unspecified atom stereocenters. The summed E-state index contributed by atoms with van der Waals surface area (Å²) in [7, 11) is 0. The Morgan fingerprint density at radius 3 is 2.38 bits per heavy atom. The third-order valence-corrected chi connectivity index (χ3v) is 2.80. The Morgan fingerprint density at radius 1 is 1.38 bits per heavy atom. The molecular formula is C12H16ClNO2. The van der Waals surface area contributed by atoms with Crippen LogP contribution in [0.5, 0.6) is 0 Å². The van der Waals surface area contributed by atoms with Gasteiger partial charge in [-0.05, 0) is 36.3 Å². The number of rotatable bonds is 4. The van der Waals surface area contributed by atoms with E-state index in [1.165, 1.54) is 18.4 Å². The van der Waals surface area contributed by atoms with Gasteiger partial charge in [0, 0.05) is 0 Å². The second-order valence-electron chi connectivity index (χ2n) is 4.16. The van der Waals surface area contributed by atoms with E-state index in [1.54, 1.807) is 0 Å². The summed E-state index contributed by atoms with van der Waals surface area (Å²) < 4.78 is 0. The average molecular weight is 242 g/mol. The van der Waals surface area contributed by atoms with Crippen molar-refractivity contribution in [3.8, 4) is 0 Å². The van der Waals surface area contributed by atoms with Crippen LogP contribution >= 0.6 is 12.4 Å². The summed E-state index contributed by atoms with van der Waals surface area (Å²) in [4.78, 5) is 10.6. The minimum absolute atomic E-state index is 0. The van der Waals surface area contributed by atoms with Crippen LogP contribution in [0.25, 0.3) is 0 Å². The largest absolute Gasteiger partial charge is 0.480 e. The maximum atomic E-state index is 10.6. The normalized spacial score (nSPS) is 16.3. The fraction of sp³-hybridized carbons (Fsp3) is 0.417. The molecule has 0 saturated heterocycles. The molecule has 1 aromatic carbocycles. The van der Waals surface area contributed by atoms with Crippen molar-refractivity contribution < 1.29 is 9.90 Å². The Bertz CT molecular complexity index is 360. The minimum Gasteiger partial charge on any atom is -0.480 e. The third-order valence-electron chi connectivity index (χ3n) is 2.80. The highest BCUT2D eigenvalue weighted by Crippen LogP contribution is 2.39. The second-order valence-corrected chi connectivity index (χ2v) is 4.16. The molecule has 0 spiro atoms. The van der Waals surface area contributed by atoms with Crippen LogP contribution in [-0.4, -0.2) is 17.1 Å². The molecule has 4 heteroatoms. The molecule has 1 aromatic rings. The SMILES string of the molecule is Cl.N[C@H](Cc1ccc(C2CC2)cc1)C(=O)O. The average Bonchev–Trinajstić information content (AvgIpc) is 3.02. The summed E-state index contributed by atoms with van der Waals surface area (Å²) in [6, 6.07) is 7.34. The Hall–Kier alpha value is -1.06. The number of benzene rings is 1. The van der Waals surface area contributed by atoms with Crippen molar-refractivity contribution in [2.45, 2.75) is 31.2 Å². The Balaban J connectivity index is 0.00000128. The van der Waals surface area contributed by atoms with Gasteiger partial charge >= 0.3 is 5.97 Å². The number of nitrogens with two attached hydrogens (primary N) is 1. The summed E-state index contributed by atoms with van der Waals surface area (Å²) in [6.45, 7) is 0. The molecule has 1 atom stereocenters. The quantitative estimate of drug-likeness (QED) is 0.847. The van der Waals surface area contributed by atoms with Crippen molar-refractivity contribution >= 4 is 18.4 Å². The van der Waals surface area contributed by atoms with Crippen LogP contribution in [0.4, 0.5) is 0 Å². The van der Waals surface area contributed by atoms with Gasteiger partial charge in [0.2, 0.25) is 0 Å². The smallest absolute Gasteiger partial charge is 0.320 e. The molecule has 0 amide bonds.